The Balaban J connectivity index is 2.63. The van der Waals surface area contributed by atoms with Crippen LogP contribution in [-0.4, -0.2) is 23.2 Å². The Morgan fingerprint density at radius 3 is 2.18 bits per heavy atom. The molecule has 5 nitrogen and oxygen atoms in total. The number of ether oxygens (including phenoxy) is 2. The Hall–Kier alpha value is -2.04. The van der Waals surface area contributed by atoms with Crippen LogP contribution in [0, 0.1) is 0 Å². The maximum atomic E-state index is 12.3. The summed E-state index contributed by atoms with van der Waals surface area (Å²) in [6, 6.07) is 9.39. The fourth-order valence-electron chi connectivity index (χ4n) is 1.70. The standard InChI is InChI=1S/C17H25NO4/c1-6-17(5,18-15(20)22-16(2,3)4)14(19)21-12-13-10-8-7-9-11-13/h7-11H,6,12H2,1-5H3,(H,18,20)/t17-/m1/s1. The molecule has 0 saturated heterocycles. The van der Waals surface area contributed by atoms with Gasteiger partial charge in [0.2, 0.25) is 0 Å². The highest BCUT2D eigenvalue weighted by atomic mass is 16.6. The van der Waals surface area contributed by atoms with Crippen LogP contribution in [0.3, 0.4) is 0 Å². The molecule has 0 aliphatic heterocycles. The molecule has 0 bridgehead atoms. The summed E-state index contributed by atoms with van der Waals surface area (Å²) >= 11 is 0. The second-order valence-corrected chi connectivity index (χ2v) is 6.37. The van der Waals surface area contributed by atoms with E-state index in [9.17, 15) is 9.59 Å². The Kier molecular flexibility index (Phi) is 5.97. The molecule has 0 aromatic heterocycles. The highest BCUT2D eigenvalue weighted by Gasteiger charge is 2.36. The van der Waals surface area contributed by atoms with Crippen molar-refractivity contribution in [2.24, 2.45) is 0 Å². The maximum absolute atomic E-state index is 12.3. The van der Waals surface area contributed by atoms with Gasteiger partial charge in [-0.3, -0.25) is 0 Å². The van der Waals surface area contributed by atoms with Crippen molar-refractivity contribution >= 4 is 12.1 Å². The zero-order chi connectivity index (χ0) is 16.8. The van der Waals surface area contributed by atoms with Crippen LogP contribution in [0.25, 0.3) is 0 Å². The molecule has 0 saturated carbocycles. The number of rotatable bonds is 5. The van der Waals surface area contributed by atoms with Gasteiger partial charge in [-0.25, -0.2) is 9.59 Å². The van der Waals surface area contributed by atoms with Crippen molar-refractivity contribution < 1.29 is 19.1 Å². The van der Waals surface area contributed by atoms with Crippen LogP contribution in [0.2, 0.25) is 0 Å². The van der Waals surface area contributed by atoms with E-state index in [4.69, 9.17) is 9.47 Å². The minimum absolute atomic E-state index is 0.172. The molecule has 1 atom stereocenters. The first-order valence-electron chi connectivity index (χ1n) is 7.38. The molecule has 0 radical (unpaired) electrons. The Bertz CT molecular complexity index is 507. The number of amides is 1. The zero-order valence-electron chi connectivity index (χ0n) is 13.9. The predicted octanol–water partition coefficient (Wildman–Crippen LogP) is 3.42. The normalized spacial score (nSPS) is 13.9. The number of nitrogens with one attached hydrogen (secondary N) is 1. The van der Waals surface area contributed by atoms with Crippen LogP contribution in [-0.2, 0) is 20.9 Å². The summed E-state index contributed by atoms with van der Waals surface area (Å²) in [5.74, 6) is -0.482. The molecule has 1 rings (SSSR count). The number of alkyl carbamates (subject to hydrolysis) is 1. The Morgan fingerprint density at radius 1 is 1.09 bits per heavy atom. The topological polar surface area (TPSA) is 64.6 Å². The molecular formula is C17H25NO4. The highest BCUT2D eigenvalue weighted by Crippen LogP contribution is 2.15. The summed E-state index contributed by atoms with van der Waals surface area (Å²) in [7, 11) is 0. The van der Waals surface area contributed by atoms with E-state index in [0.29, 0.717) is 6.42 Å². The first-order valence-corrected chi connectivity index (χ1v) is 7.38. The smallest absolute Gasteiger partial charge is 0.408 e. The third-order valence-corrected chi connectivity index (χ3v) is 3.15. The van der Waals surface area contributed by atoms with E-state index >= 15 is 0 Å². The molecule has 122 valence electrons. The van der Waals surface area contributed by atoms with Crippen molar-refractivity contribution in [3.63, 3.8) is 0 Å². The quantitative estimate of drug-likeness (QED) is 0.847. The molecule has 0 aliphatic rings. The van der Waals surface area contributed by atoms with E-state index in [2.05, 4.69) is 5.32 Å². The summed E-state index contributed by atoms with van der Waals surface area (Å²) in [5, 5.41) is 2.60. The van der Waals surface area contributed by atoms with Crippen LogP contribution >= 0.6 is 0 Å². The van der Waals surface area contributed by atoms with Crippen molar-refractivity contribution in [3.05, 3.63) is 35.9 Å². The lowest BCUT2D eigenvalue weighted by Gasteiger charge is -2.29. The number of carbonyl (C=O) groups is 2. The minimum atomic E-state index is -1.11. The molecule has 1 aromatic carbocycles. The van der Waals surface area contributed by atoms with Gasteiger partial charge in [-0.15, -0.1) is 0 Å². The Morgan fingerprint density at radius 2 is 1.68 bits per heavy atom. The van der Waals surface area contributed by atoms with E-state index in [0.717, 1.165) is 5.56 Å². The molecular weight excluding hydrogens is 282 g/mol. The van der Waals surface area contributed by atoms with Crippen LogP contribution < -0.4 is 5.32 Å². The fourth-order valence-corrected chi connectivity index (χ4v) is 1.70. The fraction of sp³-hybridized carbons (Fsp3) is 0.529. The van der Waals surface area contributed by atoms with Gasteiger partial charge in [0.15, 0.2) is 0 Å². The van der Waals surface area contributed by atoms with Gasteiger partial charge in [-0.1, -0.05) is 37.3 Å². The second-order valence-electron chi connectivity index (χ2n) is 6.37. The number of benzene rings is 1. The monoisotopic (exact) mass is 307 g/mol. The third-order valence-electron chi connectivity index (χ3n) is 3.15. The van der Waals surface area contributed by atoms with Crippen LogP contribution in [0.5, 0.6) is 0 Å². The van der Waals surface area contributed by atoms with Gasteiger partial charge < -0.3 is 14.8 Å². The zero-order valence-corrected chi connectivity index (χ0v) is 13.9. The van der Waals surface area contributed by atoms with Crippen LogP contribution in [0.1, 0.15) is 46.6 Å². The lowest BCUT2D eigenvalue weighted by Crippen LogP contribution is -2.53. The minimum Gasteiger partial charge on any atom is -0.459 e. The van der Waals surface area contributed by atoms with Crippen molar-refractivity contribution in [2.75, 3.05) is 0 Å². The van der Waals surface area contributed by atoms with E-state index in [1.54, 1.807) is 34.6 Å². The average molecular weight is 307 g/mol. The van der Waals surface area contributed by atoms with Crippen LogP contribution in [0.15, 0.2) is 30.3 Å². The van der Waals surface area contributed by atoms with Crippen molar-refractivity contribution in [2.45, 2.75) is 58.8 Å². The molecule has 1 aromatic rings. The second kappa shape index (κ2) is 7.29. The van der Waals surface area contributed by atoms with Gasteiger partial charge in [0.1, 0.15) is 17.7 Å². The van der Waals surface area contributed by atoms with E-state index in [-0.39, 0.29) is 6.61 Å². The van der Waals surface area contributed by atoms with Crippen molar-refractivity contribution in [1.29, 1.82) is 0 Å². The summed E-state index contributed by atoms with van der Waals surface area (Å²) in [6.07, 6.45) is -0.228. The molecule has 5 heteroatoms. The van der Waals surface area contributed by atoms with Gasteiger partial charge in [0.25, 0.3) is 0 Å². The summed E-state index contributed by atoms with van der Waals surface area (Å²) in [4.78, 5) is 24.1. The summed E-state index contributed by atoms with van der Waals surface area (Å²) in [5.41, 5.74) is -0.837. The summed E-state index contributed by atoms with van der Waals surface area (Å²) in [6.45, 7) is 8.91. The molecule has 1 amide bonds. The molecule has 0 fully saturated rings. The number of esters is 1. The maximum Gasteiger partial charge on any atom is 0.408 e. The first kappa shape index (κ1) is 18.0. The molecule has 0 heterocycles. The lowest BCUT2D eigenvalue weighted by atomic mass is 9.99. The average Bonchev–Trinajstić information content (AvgIpc) is 2.43. The molecule has 0 unspecified atom stereocenters. The van der Waals surface area contributed by atoms with Crippen molar-refractivity contribution in [3.8, 4) is 0 Å². The van der Waals surface area contributed by atoms with Gasteiger partial charge >= 0.3 is 12.1 Å². The number of hydrogen-bond donors (Lipinski definition) is 1. The van der Waals surface area contributed by atoms with E-state index in [1.165, 1.54) is 0 Å². The third kappa shape index (κ3) is 5.76. The Labute approximate surface area is 132 Å². The van der Waals surface area contributed by atoms with Crippen molar-refractivity contribution in [1.82, 2.24) is 5.32 Å². The SMILES string of the molecule is CC[C@@](C)(NC(=O)OC(C)(C)C)C(=O)OCc1ccccc1. The van der Waals surface area contributed by atoms with Crippen LogP contribution in [0.4, 0.5) is 4.79 Å². The van der Waals surface area contributed by atoms with E-state index in [1.807, 2.05) is 30.3 Å². The molecule has 1 N–H and O–H groups in total. The van der Waals surface area contributed by atoms with Gasteiger partial charge in [0, 0.05) is 0 Å². The largest absolute Gasteiger partial charge is 0.459 e. The highest BCUT2D eigenvalue weighted by molar-refractivity contribution is 5.85. The van der Waals surface area contributed by atoms with Gasteiger partial charge in [-0.2, -0.15) is 0 Å². The van der Waals surface area contributed by atoms with Gasteiger partial charge in [-0.05, 0) is 39.7 Å². The summed E-state index contributed by atoms with van der Waals surface area (Å²) < 4.78 is 10.5. The first-order chi connectivity index (χ1) is 10.2. The predicted molar refractivity (Wildman–Crippen MR) is 84.3 cm³/mol. The lowest BCUT2D eigenvalue weighted by molar-refractivity contribution is -0.152. The number of carbonyl (C=O) groups excluding carboxylic acids is 2. The van der Waals surface area contributed by atoms with E-state index < -0.39 is 23.2 Å². The molecule has 22 heavy (non-hydrogen) atoms. The van der Waals surface area contributed by atoms with Gasteiger partial charge in [0.05, 0.1) is 0 Å². The molecule has 0 aliphatic carbocycles. The number of hydrogen-bond acceptors (Lipinski definition) is 4. The molecule has 0 spiro atoms.